The number of isocyanates is 1. The van der Waals surface area contributed by atoms with Crippen molar-refractivity contribution in [1.82, 2.24) is 0 Å². The molecular formula is C13H12ClNO3. The van der Waals surface area contributed by atoms with Crippen molar-refractivity contribution in [3.63, 3.8) is 0 Å². The summed E-state index contributed by atoms with van der Waals surface area (Å²) in [5.74, 6) is 1.22. The van der Waals surface area contributed by atoms with E-state index in [9.17, 15) is 4.79 Å². The molecule has 2 aliphatic rings. The maximum Gasteiger partial charge on any atom is 0.235 e. The Hall–Kier alpha value is -1.51. The van der Waals surface area contributed by atoms with Crippen LogP contribution >= 0.6 is 11.6 Å². The molecular weight excluding hydrogens is 254 g/mol. The van der Waals surface area contributed by atoms with E-state index in [2.05, 4.69) is 4.99 Å². The highest BCUT2D eigenvalue weighted by atomic mass is 35.5. The quantitative estimate of drug-likeness (QED) is 0.610. The second kappa shape index (κ2) is 4.01. The summed E-state index contributed by atoms with van der Waals surface area (Å²) in [5.41, 5.74) is 1.34. The van der Waals surface area contributed by atoms with E-state index in [1.54, 1.807) is 6.08 Å². The average molecular weight is 266 g/mol. The fourth-order valence-corrected chi connectivity index (χ4v) is 3.18. The van der Waals surface area contributed by atoms with Crippen molar-refractivity contribution in [2.75, 3.05) is 6.79 Å². The van der Waals surface area contributed by atoms with Gasteiger partial charge in [-0.1, -0.05) is 11.6 Å². The third-order valence-corrected chi connectivity index (χ3v) is 4.07. The van der Waals surface area contributed by atoms with Gasteiger partial charge in [0.15, 0.2) is 11.5 Å². The van der Waals surface area contributed by atoms with Gasteiger partial charge in [-0.3, -0.25) is 0 Å². The second-order valence-electron chi connectivity index (χ2n) is 4.70. The van der Waals surface area contributed by atoms with Crippen LogP contribution in [0.3, 0.4) is 0 Å². The Bertz CT molecular complexity index is 560. The van der Waals surface area contributed by atoms with Crippen LogP contribution in [-0.4, -0.2) is 12.9 Å². The lowest BCUT2D eigenvalue weighted by Crippen LogP contribution is -2.33. The molecule has 94 valence electrons. The molecule has 1 heterocycles. The van der Waals surface area contributed by atoms with Crippen molar-refractivity contribution in [1.29, 1.82) is 0 Å². The highest BCUT2D eigenvalue weighted by molar-refractivity contribution is 6.33. The minimum absolute atomic E-state index is 0.182. The lowest BCUT2D eigenvalue weighted by Gasteiger charge is -2.38. The molecule has 0 radical (unpaired) electrons. The first-order valence-electron chi connectivity index (χ1n) is 5.86. The molecule has 0 unspecified atom stereocenters. The van der Waals surface area contributed by atoms with E-state index in [0.717, 1.165) is 30.4 Å². The zero-order valence-electron chi connectivity index (χ0n) is 9.96. The topological polar surface area (TPSA) is 47.9 Å². The van der Waals surface area contributed by atoms with Gasteiger partial charge in [0.05, 0.1) is 5.02 Å². The van der Waals surface area contributed by atoms with E-state index in [4.69, 9.17) is 21.1 Å². The third-order valence-electron chi connectivity index (χ3n) is 3.71. The van der Waals surface area contributed by atoms with Gasteiger partial charge in [-0.2, -0.15) is 4.99 Å². The van der Waals surface area contributed by atoms with Crippen LogP contribution in [0.15, 0.2) is 11.1 Å². The molecule has 0 N–H and O–H groups in total. The number of rotatable bonds is 2. The largest absolute Gasteiger partial charge is 0.454 e. The predicted octanol–water partition coefficient (Wildman–Crippen LogP) is 3.09. The summed E-state index contributed by atoms with van der Waals surface area (Å²) in [5, 5.41) is 0.515. The Morgan fingerprint density at radius 2 is 2.22 bits per heavy atom. The van der Waals surface area contributed by atoms with Crippen molar-refractivity contribution >= 4 is 17.7 Å². The summed E-state index contributed by atoms with van der Waals surface area (Å²) in [6.07, 6.45) is 4.36. The maximum absolute atomic E-state index is 10.7. The number of carbonyl (C=O) groups excluding carboxylic acids is 1. The summed E-state index contributed by atoms with van der Waals surface area (Å²) < 4.78 is 10.7. The van der Waals surface area contributed by atoms with Gasteiger partial charge in [-0.25, -0.2) is 4.79 Å². The van der Waals surface area contributed by atoms with Crippen LogP contribution in [-0.2, 0) is 10.3 Å². The standard InChI is InChI=1S/C13H12ClNO3/c1-8-5-9-12(18-7-17-9)11(14)10(8)13(15-6-16)3-2-4-13/h5H,2-4,7H2,1H3. The van der Waals surface area contributed by atoms with Crippen LogP contribution in [0.2, 0.25) is 5.02 Å². The molecule has 0 bridgehead atoms. The summed E-state index contributed by atoms with van der Waals surface area (Å²) in [7, 11) is 0. The number of aryl methyl sites for hydroxylation is 1. The van der Waals surface area contributed by atoms with Gasteiger partial charge in [-0.05, 0) is 37.8 Å². The molecule has 1 aliphatic carbocycles. The molecule has 3 rings (SSSR count). The molecule has 0 aromatic heterocycles. The molecule has 0 spiro atoms. The van der Waals surface area contributed by atoms with Gasteiger partial charge in [0.25, 0.3) is 0 Å². The van der Waals surface area contributed by atoms with Crippen molar-refractivity contribution < 1.29 is 14.3 Å². The Morgan fingerprint density at radius 1 is 1.44 bits per heavy atom. The van der Waals surface area contributed by atoms with Crippen LogP contribution in [0.1, 0.15) is 30.4 Å². The zero-order valence-corrected chi connectivity index (χ0v) is 10.7. The Morgan fingerprint density at radius 3 is 2.83 bits per heavy atom. The van der Waals surface area contributed by atoms with Crippen molar-refractivity contribution in [2.24, 2.45) is 4.99 Å². The molecule has 4 nitrogen and oxygen atoms in total. The number of benzene rings is 1. The molecule has 1 aromatic carbocycles. The predicted molar refractivity (Wildman–Crippen MR) is 66.0 cm³/mol. The normalized spacial score (nSPS) is 19.0. The molecule has 0 atom stereocenters. The number of halogens is 1. The zero-order chi connectivity index (χ0) is 12.8. The summed E-state index contributed by atoms with van der Waals surface area (Å²) >= 11 is 6.40. The molecule has 1 aliphatic heterocycles. The third kappa shape index (κ3) is 1.46. The van der Waals surface area contributed by atoms with Gasteiger partial charge < -0.3 is 9.47 Å². The van der Waals surface area contributed by atoms with Crippen molar-refractivity contribution in [2.45, 2.75) is 31.7 Å². The van der Waals surface area contributed by atoms with Gasteiger partial charge in [0.1, 0.15) is 5.54 Å². The number of nitrogens with zero attached hydrogens (tertiary/aromatic N) is 1. The average Bonchev–Trinajstić information content (AvgIpc) is 2.73. The fourth-order valence-electron chi connectivity index (χ4n) is 2.71. The van der Waals surface area contributed by atoms with Crippen LogP contribution in [0.4, 0.5) is 0 Å². The van der Waals surface area contributed by atoms with E-state index in [1.807, 2.05) is 13.0 Å². The summed E-state index contributed by atoms with van der Waals surface area (Å²) in [6.45, 7) is 2.13. The van der Waals surface area contributed by atoms with E-state index < -0.39 is 5.54 Å². The number of fused-ring (bicyclic) bond motifs is 1. The molecule has 1 aromatic rings. The summed E-state index contributed by atoms with van der Waals surface area (Å²) in [4.78, 5) is 14.6. The van der Waals surface area contributed by atoms with E-state index in [1.165, 1.54) is 0 Å². The van der Waals surface area contributed by atoms with E-state index in [0.29, 0.717) is 16.5 Å². The number of hydrogen-bond donors (Lipinski definition) is 0. The van der Waals surface area contributed by atoms with Crippen LogP contribution in [0.25, 0.3) is 0 Å². The van der Waals surface area contributed by atoms with Crippen LogP contribution < -0.4 is 9.47 Å². The Kier molecular flexibility index (Phi) is 2.58. The summed E-state index contributed by atoms with van der Waals surface area (Å²) in [6, 6.07) is 1.89. The molecule has 1 saturated carbocycles. The van der Waals surface area contributed by atoms with E-state index in [-0.39, 0.29) is 6.79 Å². The maximum atomic E-state index is 10.7. The Labute approximate surface area is 110 Å². The van der Waals surface area contributed by atoms with Gasteiger partial charge in [-0.15, -0.1) is 0 Å². The number of ether oxygens (including phenoxy) is 2. The number of hydrogen-bond acceptors (Lipinski definition) is 4. The second-order valence-corrected chi connectivity index (χ2v) is 5.08. The van der Waals surface area contributed by atoms with E-state index >= 15 is 0 Å². The molecule has 1 fully saturated rings. The smallest absolute Gasteiger partial charge is 0.235 e. The molecule has 5 heteroatoms. The van der Waals surface area contributed by atoms with Crippen molar-refractivity contribution in [3.8, 4) is 11.5 Å². The van der Waals surface area contributed by atoms with Gasteiger partial charge >= 0.3 is 0 Å². The van der Waals surface area contributed by atoms with Crippen molar-refractivity contribution in [3.05, 3.63) is 22.2 Å². The molecule has 0 saturated heterocycles. The van der Waals surface area contributed by atoms with Gasteiger partial charge in [0, 0.05) is 5.56 Å². The first-order valence-corrected chi connectivity index (χ1v) is 6.24. The first-order chi connectivity index (χ1) is 8.68. The van der Waals surface area contributed by atoms with Crippen LogP contribution in [0, 0.1) is 6.92 Å². The van der Waals surface area contributed by atoms with Crippen LogP contribution in [0.5, 0.6) is 11.5 Å². The fraction of sp³-hybridized carbons (Fsp3) is 0.462. The Balaban J connectivity index is 2.20. The minimum atomic E-state index is -0.510. The first kappa shape index (κ1) is 11.6. The SMILES string of the molecule is Cc1cc2c(c(Cl)c1C1(N=C=O)CCC1)OCO2. The molecule has 0 amide bonds. The highest BCUT2D eigenvalue weighted by Gasteiger charge is 2.43. The lowest BCUT2D eigenvalue weighted by molar-refractivity contribution is 0.173. The highest BCUT2D eigenvalue weighted by Crippen LogP contribution is 2.53. The van der Waals surface area contributed by atoms with Gasteiger partial charge in [0.2, 0.25) is 12.9 Å². The molecule has 18 heavy (non-hydrogen) atoms. The lowest BCUT2D eigenvalue weighted by atomic mass is 9.71. The monoisotopic (exact) mass is 265 g/mol. The number of aliphatic imine (C=N–C) groups is 1. The minimum Gasteiger partial charge on any atom is -0.454 e.